The first kappa shape index (κ1) is 18.2. The third kappa shape index (κ3) is 3.49. The highest BCUT2D eigenvalue weighted by molar-refractivity contribution is 5.99. The number of amides is 1. The minimum absolute atomic E-state index is 0.0590. The second-order valence-electron chi connectivity index (χ2n) is 7.21. The standard InChI is InChI=1S/C20H22FN5O2/c1-11(2)28-20-14-10-15(21)16(26-6-4-5-19(26)27)8-13(14)9-17(23-20)22-18-7-12(3)24-25-18/h7-11H,4-6H2,1-3H3,(H2,22,23,24,25). The molecular weight excluding hydrogens is 361 g/mol. The molecule has 1 aromatic carbocycles. The zero-order valence-corrected chi connectivity index (χ0v) is 16.0. The number of pyridine rings is 1. The van der Waals surface area contributed by atoms with E-state index in [4.69, 9.17) is 4.74 Å². The van der Waals surface area contributed by atoms with Gasteiger partial charge >= 0.3 is 0 Å². The number of aromatic amines is 1. The summed E-state index contributed by atoms with van der Waals surface area (Å²) in [6, 6.07) is 6.73. The van der Waals surface area contributed by atoms with E-state index in [-0.39, 0.29) is 12.0 Å². The summed E-state index contributed by atoms with van der Waals surface area (Å²) in [5, 5.41) is 11.5. The molecule has 0 spiro atoms. The van der Waals surface area contributed by atoms with Gasteiger partial charge in [0.15, 0.2) is 5.82 Å². The number of aromatic nitrogens is 3. The summed E-state index contributed by atoms with van der Waals surface area (Å²) in [6.45, 7) is 6.21. The van der Waals surface area contributed by atoms with Crippen molar-refractivity contribution in [2.75, 3.05) is 16.8 Å². The summed E-state index contributed by atoms with van der Waals surface area (Å²) < 4.78 is 20.6. The fraction of sp³-hybridized carbons (Fsp3) is 0.350. The Bertz CT molecular complexity index is 1050. The normalized spacial score (nSPS) is 14.3. The van der Waals surface area contributed by atoms with Gasteiger partial charge in [0, 0.05) is 30.1 Å². The lowest BCUT2D eigenvalue weighted by molar-refractivity contribution is -0.117. The van der Waals surface area contributed by atoms with Crippen LogP contribution in [0.15, 0.2) is 24.3 Å². The number of aryl methyl sites for hydroxylation is 1. The molecule has 0 saturated carbocycles. The van der Waals surface area contributed by atoms with Crippen molar-refractivity contribution in [1.82, 2.24) is 15.2 Å². The largest absolute Gasteiger partial charge is 0.474 e. The van der Waals surface area contributed by atoms with Gasteiger partial charge in [-0.3, -0.25) is 9.89 Å². The van der Waals surface area contributed by atoms with E-state index in [9.17, 15) is 9.18 Å². The molecule has 0 unspecified atom stereocenters. The molecule has 1 amide bonds. The molecule has 8 heteroatoms. The van der Waals surface area contributed by atoms with Crippen molar-refractivity contribution in [2.45, 2.75) is 39.7 Å². The number of nitrogens with zero attached hydrogens (tertiary/aromatic N) is 3. The molecule has 0 bridgehead atoms. The number of halogens is 1. The maximum Gasteiger partial charge on any atom is 0.227 e. The molecular formula is C20H22FN5O2. The molecule has 28 heavy (non-hydrogen) atoms. The van der Waals surface area contributed by atoms with E-state index in [0.717, 1.165) is 17.5 Å². The van der Waals surface area contributed by atoms with Gasteiger partial charge in [0.2, 0.25) is 11.8 Å². The van der Waals surface area contributed by atoms with E-state index < -0.39 is 5.82 Å². The summed E-state index contributed by atoms with van der Waals surface area (Å²) in [7, 11) is 0. The van der Waals surface area contributed by atoms with Gasteiger partial charge in [-0.15, -0.1) is 0 Å². The second kappa shape index (κ2) is 7.10. The Kier molecular flexibility index (Phi) is 4.62. The van der Waals surface area contributed by atoms with Crippen LogP contribution in [0.1, 0.15) is 32.4 Å². The van der Waals surface area contributed by atoms with Gasteiger partial charge in [-0.05, 0) is 50.8 Å². The summed E-state index contributed by atoms with van der Waals surface area (Å²) in [4.78, 5) is 18.1. The summed E-state index contributed by atoms with van der Waals surface area (Å²) in [5.41, 5.74) is 1.21. The molecule has 1 fully saturated rings. The number of H-pyrrole nitrogens is 1. The Hall–Kier alpha value is -3.16. The van der Waals surface area contributed by atoms with Crippen LogP contribution < -0.4 is 15.0 Å². The van der Waals surface area contributed by atoms with Crippen molar-refractivity contribution in [3.8, 4) is 5.88 Å². The molecule has 146 valence electrons. The van der Waals surface area contributed by atoms with Crippen LogP contribution in [0.5, 0.6) is 5.88 Å². The van der Waals surface area contributed by atoms with Crippen LogP contribution in [0.4, 0.5) is 21.7 Å². The van der Waals surface area contributed by atoms with E-state index in [1.54, 1.807) is 12.1 Å². The minimum Gasteiger partial charge on any atom is -0.474 e. The number of carbonyl (C=O) groups is 1. The average molecular weight is 383 g/mol. The van der Waals surface area contributed by atoms with Crippen molar-refractivity contribution in [3.63, 3.8) is 0 Å². The highest BCUT2D eigenvalue weighted by Crippen LogP contribution is 2.35. The molecule has 2 aromatic heterocycles. The number of nitrogens with one attached hydrogen (secondary N) is 2. The maximum atomic E-state index is 14.8. The number of fused-ring (bicyclic) bond motifs is 1. The van der Waals surface area contributed by atoms with E-state index in [1.807, 2.05) is 26.8 Å². The molecule has 7 nitrogen and oxygen atoms in total. The highest BCUT2D eigenvalue weighted by atomic mass is 19.1. The second-order valence-corrected chi connectivity index (χ2v) is 7.21. The fourth-order valence-corrected chi connectivity index (χ4v) is 3.33. The van der Waals surface area contributed by atoms with Crippen molar-refractivity contribution in [1.29, 1.82) is 0 Å². The number of ether oxygens (including phenoxy) is 1. The van der Waals surface area contributed by atoms with Gasteiger partial charge in [-0.1, -0.05) is 0 Å². The van der Waals surface area contributed by atoms with Gasteiger partial charge in [0.05, 0.1) is 11.8 Å². The zero-order chi connectivity index (χ0) is 19.8. The highest BCUT2D eigenvalue weighted by Gasteiger charge is 2.25. The molecule has 3 heterocycles. The first-order valence-electron chi connectivity index (χ1n) is 9.31. The van der Waals surface area contributed by atoms with Gasteiger partial charge in [-0.2, -0.15) is 10.1 Å². The summed E-state index contributed by atoms with van der Waals surface area (Å²) >= 11 is 0. The quantitative estimate of drug-likeness (QED) is 0.694. The molecule has 0 radical (unpaired) electrons. The topological polar surface area (TPSA) is 83.1 Å². The van der Waals surface area contributed by atoms with E-state index in [2.05, 4.69) is 20.5 Å². The molecule has 0 aliphatic carbocycles. The van der Waals surface area contributed by atoms with Gasteiger partial charge < -0.3 is 15.0 Å². The van der Waals surface area contributed by atoms with Crippen molar-refractivity contribution >= 4 is 34.0 Å². The monoisotopic (exact) mass is 383 g/mol. The third-order valence-electron chi connectivity index (χ3n) is 4.54. The molecule has 1 saturated heterocycles. The van der Waals surface area contributed by atoms with E-state index in [0.29, 0.717) is 41.6 Å². The predicted molar refractivity (Wildman–Crippen MR) is 106 cm³/mol. The number of hydrogen-bond donors (Lipinski definition) is 2. The molecule has 1 aliphatic heterocycles. The molecule has 2 N–H and O–H groups in total. The van der Waals surface area contributed by atoms with Crippen LogP contribution >= 0.6 is 0 Å². The maximum absolute atomic E-state index is 14.8. The summed E-state index contributed by atoms with van der Waals surface area (Å²) in [5.74, 6) is 0.968. The SMILES string of the molecule is Cc1cc(Nc2cc3cc(N4CCCC4=O)c(F)cc3c(OC(C)C)n2)n[nH]1. The van der Waals surface area contributed by atoms with Crippen LogP contribution in [-0.4, -0.2) is 33.7 Å². The number of carbonyl (C=O) groups excluding carboxylic acids is 1. The van der Waals surface area contributed by atoms with Crippen LogP contribution in [0.2, 0.25) is 0 Å². The van der Waals surface area contributed by atoms with E-state index >= 15 is 0 Å². The lowest BCUT2D eigenvalue weighted by Gasteiger charge is -2.19. The fourth-order valence-electron chi connectivity index (χ4n) is 3.33. The third-order valence-corrected chi connectivity index (χ3v) is 4.54. The Morgan fingerprint density at radius 2 is 2.07 bits per heavy atom. The van der Waals surface area contributed by atoms with Crippen molar-refractivity contribution in [2.24, 2.45) is 0 Å². The van der Waals surface area contributed by atoms with Crippen LogP contribution in [0.25, 0.3) is 10.8 Å². The summed E-state index contributed by atoms with van der Waals surface area (Å²) in [6.07, 6.45) is 1.06. The van der Waals surface area contributed by atoms with Crippen molar-refractivity contribution < 1.29 is 13.9 Å². The molecule has 3 aromatic rings. The van der Waals surface area contributed by atoms with Crippen LogP contribution in [0.3, 0.4) is 0 Å². The van der Waals surface area contributed by atoms with Gasteiger partial charge in [0.1, 0.15) is 11.6 Å². The number of anilines is 3. The molecule has 4 rings (SSSR count). The first-order valence-corrected chi connectivity index (χ1v) is 9.31. The van der Waals surface area contributed by atoms with Gasteiger partial charge in [0.25, 0.3) is 0 Å². The zero-order valence-electron chi connectivity index (χ0n) is 16.0. The molecule has 1 aliphatic rings. The lowest BCUT2D eigenvalue weighted by Crippen LogP contribution is -2.24. The Morgan fingerprint density at radius 3 is 2.71 bits per heavy atom. The predicted octanol–water partition coefficient (Wildman–Crippen LogP) is 4.06. The number of hydrogen-bond acceptors (Lipinski definition) is 5. The first-order chi connectivity index (χ1) is 13.4. The number of benzene rings is 1. The smallest absolute Gasteiger partial charge is 0.227 e. The van der Waals surface area contributed by atoms with Gasteiger partial charge in [-0.25, -0.2) is 4.39 Å². The molecule has 0 atom stereocenters. The van der Waals surface area contributed by atoms with E-state index in [1.165, 1.54) is 11.0 Å². The van der Waals surface area contributed by atoms with Crippen LogP contribution in [0, 0.1) is 12.7 Å². The minimum atomic E-state index is -0.457. The van der Waals surface area contributed by atoms with Crippen molar-refractivity contribution in [3.05, 3.63) is 35.8 Å². The lowest BCUT2D eigenvalue weighted by atomic mass is 10.1. The van der Waals surface area contributed by atoms with Crippen LogP contribution in [-0.2, 0) is 4.79 Å². The Morgan fingerprint density at radius 1 is 1.25 bits per heavy atom. The number of rotatable bonds is 5. The Balaban J connectivity index is 1.82. The Labute approximate surface area is 161 Å². The average Bonchev–Trinajstić information content (AvgIpc) is 3.23.